The standard InChI is InChI=1S/C22H19BrN4O2S/c1-27-20(13-29-17-11-9-16(23)10-12-17)25-26-22(27)30-14-21(28)24-19-8-4-6-15-5-2-3-7-18(15)19/h2-12H,13-14H2,1H3,(H,24,28). The van der Waals surface area contributed by atoms with Crippen molar-refractivity contribution < 1.29 is 9.53 Å². The smallest absolute Gasteiger partial charge is 0.234 e. The average molecular weight is 483 g/mol. The first-order chi connectivity index (χ1) is 14.6. The number of rotatable bonds is 7. The summed E-state index contributed by atoms with van der Waals surface area (Å²) >= 11 is 4.74. The Kier molecular flexibility index (Phi) is 6.35. The molecule has 4 rings (SSSR count). The number of nitrogens with zero attached hydrogens (tertiary/aromatic N) is 3. The van der Waals surface area contributed by atoms with Gasteiger partial charge in [-0.05, 0) is 35.7 Å². The Morgan fingerprint density at radius 1 is 1.07 bits per heavy atom. The van der Waals surface area contributed by atoms with Crippen molar-refractivity contribution in [3.8, 4) is 5.75 Å². The molecule has 30 heavy (non-hydrogen) atoms. The minimum Gasteiger partial charge on any atom is -0.486 e. The topological polar surface area (TPSA) is 69.0 Å². The molecule has 0 aliphatic carbocycles. The molecule has 0 spiro atoms. The molecule has 0 atom stereocenters. The van der Waals surface area contributed by atoms with Crippen molar-refractivity contribution in [1.82, 2.24) is 14.8 Å². The Hall–Kier alpha value is -2.84. The molecule has 1 amide bonds. The third-order valence-electron chi connectivity index (χ3n) is 4.50. The van der Waals surface area contributed by atoms with Crippen molar-refractivity contribution in [3.63, 3.8) is 0 Å². The van der Waals surface area contributed by atoms with Crippen LogP contribution in [0.15, 0.2) is 76.4 Å². The summed E-state index contributed by atoms with van der Waals surface area (Å²) in [4.78, 5) is 12.5. The highest BCUT2D eigenvalue weighted by molar-refractivity contribution is 9.10. The zero-order chi connectivity index (χ0) is 20.9. The zero-order valence-electron chi connectivity index (χ0n) is 16.2. The highest BCUT2D eigenvalue weighted by Gasteiger charge is 2.13. The third-order valence-corrected chi connectivity index (χ3v) is 6.05. The second-order valence-corrected chi connectivity index (χ2v) is 8.42. The number of carbonyl (C=O) groups excluding carboxylic acids is 1. The molecule has 1 aromatic heterocycles. The van der Waals surface area contributed by atoms with Crippen molar-refractivity contribution in [2.45, 2.75) is 11.8 Å². The third kappa shape index (κ3) is 4.83. The molecule has 0 aliphatic rings. The summed E-state index contributed by atoms with van der Waals surface area (Å²) in [5.74, 6) is 1.59. The van der Waals surface area contributed by atoms with Crippen molar-refractivity contribution in [3.05, 3.63) is 77.0 Å². The van der Waals surface area contributed by atoms with Crippen LogP contribution in [-0.2, 0) is 18.4 Å². The van der Waals surface area contributed by atoms with E-state index in [1.54, 1.807) is 0 Å². The lowest BCUT2D eigenvalue weighted by Gasteiger charge is -2.09. The first-order valence-electron chi connectivity index (χ1n) is 9.27. The van der Waals surface area contributed by atoms with Gasteiger partial charge in [0.2, 0.25) is 5.91 Å². The van der Waals surface area contributed by atoms with Gasteiger partial charge in [0.15, 0.2) is 11.0 Å². The number of halogens is 1. The lowest BCUT2D eigenvalue weighted by atomic mass is 10.1. The molecule has 0 aliphatic heterocycles. The second-order valence-electron chi connectivity index (χ2n) is 6.56. The van der Waals surface area contributed by atoms with Gasteiger partial charge in [-0.25, -0.2) is 0 Å². The molecule has 4 aromatic rings. The van der Waals surface area contributed by atoms with Crippen molar-refractivity contribution >= 4 is 50.1 Å². The number of nitrogens with one attached hydrogen (secondary N) is 1. The maximum Gasteiger partial charge on any atom is 0.234 e. The van der Waals surface area contributed by atoms with Crippen LogP contribution in [0.4, 0.5) is 5.69 Å². The largest absolute Gasteiger partial charge is 0.486 e. The number of thioether (sulfide) groups is 1. The Morgan fingerprint density at radius 2 is 1.83 bits per heavy atom. The predicted octanol–water partition coefficient (Wildman–Crippen LogP) is 5.04. The number of ether oxygens (including phenoxy) is 1. The number of benzene rings is 3. The molecule has 0 saturated heterocycles. The molecule has 0 fully saturated rings. The van der Waals surface area contributed by atoms with Crippen LogP contribution < -0.4 is 10.1 Å². The van der Waals surface area contributed by atoms with E-state index in [0.717, 1.165) is 26.7 Å². The van der Waals surface area contributed by atoms with Gasteiger partial charge in [0.1, 0.15) is 12.4 Å². The molecule has 152 valence electrons. The van der Waals surface area contributed by atoms with Gasteiger partial charge < -0.3 is 14.6 Å². The molecule has 1 heterocycles. The maximum absolute atomic E-state index is 12.5. The lowest BCUT2D eigenvalue weighted by molar-refractivity contribution is -0.113. The molecule has 0 radical (unpaired) electrons. The Labute approximate surface area is 186 Å². The van der Waals surface area contributed by atoms with Crippen LogP contribution >= 0.6 is 27.7 Å². The summed E-state index contributed by atoms with van der Waals surface area (Å²) in [6.45, 7) is 0.299. The molecule has 8 heteroatoms. The highest BCUT2D eigenvalue weighted by Crippen LogP contribution is 2.24. The van der Waals surface area contributed by atoms with Gasteiger partial charge in [-0.15, -0.1) is 10.2 Å². The first-order valence-corrected chi connectivity index (χ1v) is 11.0. The van der Waals surface area contributed by atoms with Gasteiger partial charge in [0, 0.05) is 22.6 Å². The molecule has 1 N–H and O–H groups in total. The number of hydrogen-bond acceptors (Lipinski definition) is 5. The van der Waals surface area contributed by atoms with Gasteiger partial charge in [-0.2, -0.15) is 0 Å². The first kappa shape index (κ1) is 20.4. The number of hydrogen-bond donors (Lipinski definition) is 1. The van der Waals surface area contributed by atoms with E-state index in [1.165, 1.54) is 11.8 Å². The number of amides is 1. The van der Waals surface area contributed by atoms with Crippen LogP contribution in [0.5, 0.6) is 5.75 Å². The molecule has 3 aromatic carbocycles. The zero-order valence-corrected chi connectivity index (χ0v) is 18.6. The number of aromatic nitrogens is 3. The van der Waals surface area contributed by atoms with E-state index in [1.807, 2.05) is 78.3 Å². The molecule has 0 unspecified atom stereocenters. The van der Waals surface area contributed by atoms with Crippen LogP contribution in [0.25, 0.3) is 10.8 Å². The van der Waals surface area contributed by atoms with E-state index in [-0.39, 0.29) is 11.7 Å². The van der Waals surface area contributed by atoms with E-state index in [9.17, 15) is 4.79 Å². The fraction of sp³-hybridized carbons (Fsp3) is 0.136. The summed E-state index contributed by atoms with van der Waals surface area (Å²) in [5.41, 5.74) is 0.806. The van der Waals surface area contributed by atoms with E-state index in [4.69, 9.17) is 4.74 Å². The summed E-state index contributed by atoms with van der Waals surface area (Å²) in [6, 6.07) is 21.4. The Morgan fingerprint density at radius 3 is 2.67 bits per heavy atom. The summed E-state index contributed by atoms with van der Waals surface area (Å²) < 4.78 is 8.59. The summed E-state index contributed by atoms with van der Waals surface area (Å²) in [6.07, 6.45) is 0. The van der Waals surface area contributed by atoms with E-state index >= 15 is 0 Å². The summed E-state index contributed by atoms with van der Waals surface area (Å²) in [5, 5.41) is 14.1. The van der Waals surface area contributed by atoms with Crippen LogP contribution in [0.2, 0.25) is 0 Å². The van der Waals surface area contributed by atoms with E-state index in [2.05, 4.69) is 31.4 Å². The summed E-state index contributed by atoms with van der Waals surface area (Å²) in [7, 11) is 1.87. The molecular formula is C22H19BrN4O2S. The Bertz CT molecular complexity index is 1170. The Balaban J connectivity index is 1.34. The van der Waals surface area contributed by atoms with Crippen LogP contribution in [0.1, 0.15) is 5.82 Å². The van der Waals surface area contributed by atoms with E-state index in [0.29, 0.717) is 17.6 Å². The normalized spacial score (nSPS) is 10.9. The lowest BCUT2D eigenvalue weighted by Crippen LogP contribution is -2.14. The van der Waals surface area contributed by atoms with Gasteiger partial charge in [0.05, 0.1) is 5.75 Å². The van der Waals surface area contributed by atoms with Crippen molar-refractivity contribution in [2.75, 3.05) is 11.1 Å². The van der Waals surface area contributed by atoms with Gasteiger partial charge in [-0.3, -0.25) is 4.79 Å². The highest BCUT2D eigenvalue weighted by atomic mass is 79.9. The fourth-order valence-electron chi connectivity index (χ4n) is 2.93. The number of anilines is 1. The van der Waals surface area contributed by atoms with Crippen LogP contribution in [-0.4, -0.2) is 26.4 Å². The fourth-order valence-corrected chi connectivity index (χ4v) is 3.92. The van der Waals surface area contributed by atoms with Crippen LogP contribution in [0, 0.1) is 0 Å². The molecular weight excluding hydrogens is 464 g/mol. The van der Waals surface area contributed by atoms with Crippen LogP contribution in [0.3, 0.4) is 0 Å². The van der Waals surface area contributed by atoms with Crippen molar-refractivity contribution in [2.24, 2.45) is 7.05 Å². The van der Waals surface area contributed by atoms with Gasteiger partial charge in [0.25, 0.3) is 0 Å². The number of carbonyl (C=O) groups is 1. The SMILES string of the molecule is Cn1c(COc2ccc(Br)cc2)nnc1SCC(=O)Nc1cccc2ccccc12. The monoisotopic (exact) mass is 482 g/mol. The van der Waals surface area contributed by atoms with Gasteiger partial charge in [-0.1, -0.05) is 64.1 Å². The van der Waals surface area contributed by atoms with Crippen molar-refractivity contribution in [1.29, 1.82) is 0 Å². The minimum atomic E-state index is -0.0907. The quantitative estimate of drug-likeness (QED) is 0.373. The average Bonchev–Trinajstić information content (AvgIpc) is 3.11. The minimum absolute atomic E-state index is 0.0907. The number of fused-ring (bicyclic) bond motifs is 1. The predicted molar refractivity (Wildman–Crippen MR) is 123 cm³/mol. The van der Waals surface area contributed by atoms with E-state index < -0.39 is 0 Å². The molecule has 0 saturated carbocycles. The molecule has 6 nitrogen and oxygen atoms in total. The van der Waals surface area contributed by atoms with Gasteiger partial charge >= 0.3 is 0 Å². The molecule has 0 bridgehead atoms. The second kappa shape index (κ2) is 9.32. The maximum atomic E-state index is 12.5.